The van der Waals surface area contributed by atoms with Crippen LogP contribution in [0, 0.1) is 5.92 Å². The summed E-state index contributed by atoms with van der Waals surface area (Å²) in [5.41, 5.74) is 0. The van der Waals surface area contributed by atoms with Crippen LogP contribution in [0.15, 0.2) is 29.2 Å². The van der Waals surface area contributed by atoms with Crippen LogP contribution in [0.3, 0.4) is 0 Å². The second-order valence-corrected chi connectivity index (χ2v) is 8.30. The van der Waals surface area contributed by atoms with Gasteiger partial charge in [-0.2, -0.15) is 4.72 Å². The van der Waals surface area contributed by atoms with Crippen molar-refractivity contribution in [1.29, 1.82) is 0 Å². The Morgan fingerprint density at radius 2 is 2.00 bits per heavy atom. The van der Waals surface area contributed by atoms with Crippen LogP contribution in [0.25, 0.3) is 0 Å². The highest BCUT2D eigenvalue weighted by atomic mass is 35.5. The third-order valence-electron chi connectivity index (χ3n) is 4.15. The molecule has 1 aromatic rings. The average molecular weight is 410 g/mol. The van der Waals surface area contributed by atoms with E-state index in [0.29, 0.717) is 24.0 Å². The van der Waals surface area contributed by atoms with Gasteiger partial charge in [0.25, 0.3) is 0 Å². The number of rotatable bonds is 6. The molecular weight excluding hydrogens is 385 g/mol. The van der Waals surface area contributed by atoms with E-state index in [2.05, 4.69) is 10.0 Å². The number of benzene rings is 1. The van der Waals surface area contributed by atoms with E-state index in [0.717, 1.165) is 19.4 Å². The molecule has 1 amide bonds. The summed E-state index contributed by atoms with van der Waals surface area (Å²) in [6, 6.07) is 5.06. The standard InChI is InChI=1S/C16H24ClN3O3S.ClH/c1-12(16(21)20-9-3-4-13(11-20)10-18-2)19-24(22,23)15-7-5-14(17)6-8-15;/h5-8,12-13,18-19H,3-4,9-11H2,1-2H3;1H. The average Bonchev–Trinajstić information content (AvgIpc) is 2.54. The van der Waals surface area contributed by atoms with Crippen LogP contribution in [-0.4, -0.2) is 51.9 Å². The van der Waals surface area contributed by atoms with Crippen LogP contribution in [0.4, 0.5) is 0 Å². The molecule has 2 N–H and O–H groups in total. The number of hydrogen-bond donors (Lipinski definition) is 2. The number of carbonyl (C=O) groups excluding carboxylic acids is 1. The van der Waals surface area contributed by atoms with Gasteiger partial charge in [0.1, 0.15) is 0 Å². The Balaban J connectivity index is 0.00000312. The smallest absolute Gasteiger partial charge is 0.241 e. The van der Waals surface area contributed by atoms with E-state index in [9.17, 15) is 13.2 Å². The predicted octanol–water partition coefficient (Wildman–Crippen LogP) is 1.89. The maximum Gasteiger partial charge on any atom is 0.241 e. The van der Waals surface area contributed by atoms with Gasteiger partial charge in [-0.25, -0.2) is 8.42 Å². The fourth-order valence-electron chi connectivity index (χ4n) is 2.96. The van der Waals surface area contributed by atoms with Gasteiger partial charge in [0.05, 0.1) is 10.9 Å². The van der Waals surface area contributed by atoms with Gasteiger partial charge in [0.15, 0.2) is 0 Å². The molecular formula is C16H25Cl2N3O3S. The maximum atomic E-state index is 12.6. The monoisotopic (exact) mass is 409 g/mol. The molecule has 0 radical (unpaired) electrons. The molecule has 1 aliphatic heterocycles. The summed E-state index contributed by atoms with van der Waals surface area (Å²) >= 11 is 5.78. The molecule has 2 unspecified atom stereocenters. The first-order valence-electron chi connectivity index (χ1n) is 8.05. The molecule has 0 aromatic heterocycles. The van der Waals surface area contributed by atoms with Gasteiger partial charge in [-0.15, -0.1) is 12.4 Å². The lowest BCUT2D eigenvalue weighted by atomic mass is 9.97. The van der Waals surface area contributed by atoms with Gasteiger partial charge < -0.3 is 10.2 Å². The second kappa shape index (κ2) is 9.73. The van der Waals surface area contributed by atoms with E-state index in [1.54, 1.807) is 11.8 Å². The summed E-state index contributed by atoms with van der Waals surface area (Å²) in [5, 5.41) is 3.59. The first kappa shape index (κ1) is 22.2. The number of piperidine rings is 1. The Labute approximate surface area is 160 Å². The predicted molar refractivity (Wildman–Crippen MR) is 102 cm³/mol. The van der Waals surface area contributed by atoms with Crippen LogP contribution in [0.1, 0.15) is 19.8 Å². The van der Waals surface area contributed by atoms with Crippen molar-refractivity contribution in [1.82, 2.24) is 14.9 Å². The molecule has 25 heavy (non-hydrogen) atoms. The highest BCUT2D eigenvalue weighted by Crippen LogP contribution is 2.18. The quantitative estimate of drug-likeness (QED) is 0.751. The molecule has 0 saturated carbocycles. The van der Waals surface area contributed by atoms with Crippen LogP contribution in [0.2, 0.25) is 5.02 Å². The molecule has 9 heteroatoms. The fraction of sp³-hybridized carbons (Fsp3) is 0.562. The highest BCUT2D eigenvalue weighted by molar-refractivity contribution is 7.89. The van der Waals surface area contributed by atoms with Gasteiger partial charge >= 0.3 is 0 Å². The minimum absolute atomic E-state index is 0. The lowest BCUT2D eigenvalue weighted by Gasteiger charge is -2.34. The van der Waals surface area contributed by atoms with Crippen LogP contribution in [-0.2, 0) is 14.8 Å². The molecule has 0 spiro atoms. The molecule has 1 saturated heterocycles. The van der Waals surface area contributed by atoms with E-state index in [1.807, 2.05) is 7.05 Å². The maximum absolute atomic E-state index is 12.6. The number of sulfonamides is 1. The van der Waals surface area contributed by atoms with Gasteiger partial charge in [-0.05, 0) is 63.5 Å². The van der Waals surface area contributed by atoms with Crippen molar-refractivity contribution in [2.45, 2.75) is 30.7 Å². The minimum atomic E-state index is -3.75. The van der Waals surface area contributed by atoms with Crippen molar-refractivity contribution in [3.63, 3.8) is 0 Å². The van der Waals surface area contributed by atoms with Gasteiger partial charge in [0.2, 0.25) is 15.9 Å². The first-order valence-corrected chi connectivity index (χ1v) is 9.91. The number of hydrogen-bond acceptors (Lipinski definition) is 4. The van der Waals surface area contributed by atoms with Crippen molar-refractivity contribution >= 4 is 39.9 Å². The number of nitrogens with zero attached hydrogens (tertiary/aromatic N) is 1. The Hall–Kier alpha value is -0.860. The third kappa shape index (κ3) is 6.11. The van der Waals surface area contributed by atoms with Crippen molar-refractivity contribution in [2.75, 3.05) is 26.7 Å². The molecule has 1 fully saturated rings. The van der Waals surface area contributed by atoms with E-state index >= 15 is 0 Å². The lowest BCUT2D eigenvalue weighted by molar-refractivity contribution is -0.134. The molecule has 6 nitrogen and oxygen atoms in total. The SMILES string of the molecule is CNCC1CCCN(C(=O)C(C)NS(=O)(=O)c2ccc(Cl)cc2)C1.Cl. The minimum Gasteiger partial charge on any atom is -0.341 e. The summed E-state index contributed by atoms with van der Waals surface area (Å²) in [6.07, 6.45) is 2.02. The highest BCUT2D eigenvalue weighted by Gasteiger charge is 2.29. The molecule has 2 rings (SSSR count). The summed E-state index contributed by atoms with van der Waals surface area (Å²) in [6.45, 7) is 3.77. The van der Waals surface area contributed by atoms with E-state index in [1.165, 1.54) is 24.3 Å². The molecule has 142 valence electrons. The first-order chi connectivity index (χ1) is 11.3. The van der Waals surface area contributed by atoms with Crippen molar-refractivity contribution < 1.29 is 13.2 Å². The summed E-state index contributed by atoms with van der Waals surface area (Å²) in [5.74, 6) is 0.223. The zero-order chi connectivity index (χ0) is 17.7. The normalized spacial score (nSPS) is 19.2. The number of amides is 1. The number of halogens is 2. The molecule has 1 heterocycles. The van der Waals surface area contributed by atoms with Gasteiger partial charge in [-0.3, -0.25) is 4.79 Å². The molecule has 2 atom stereocenters. The largest absolute Gasteiger partial charge is 0.341 e. The number of carbonyl (C=O) groups is 1. The van der Waals surface area contributed by atoms with E-state index in [-0.39, 0.29) is 23.2 Å². The molecule has 1 aromatic carbocycles. The van der Waals surface area contributed by atoms with Crippen LogP contribution < -0.4 is 10.0 Å². The third-order valence-corrected chi connectivity index (χ3v) is 5.96. The Kier molecular flexibility index (Phi) is 8.63. The van der Waals surface area contributed by atoms with Crippen LogP contribution >= 0.6 is 24.0 Å². The van der Waals surface area contributed by atoms with Gasteiger partial charge in [-0.1, -0.05) is 11.6 Å². The van der Waals surface area contributed by atoms with E-state index in [4.69, 9.17) is 11.6 Å². The Morgan fingerprint density at radius 1 is 1.36 bits per heavy atom. The number of nitrogens with one attached hydrogen (secondary N) is 2. The summed E-state index contributed by atoms with van der Waals surface area (Å²) in [4.78, 5) is 14.4. The second-order valence-electron chi connectivity index (χ2n) is 6.15. The molecule has 0 bridgehead atoms. The number of likely N-dealkylation sites (tertiary alicyclic amines) is 1. The molecule has 1 aliphatic rings. The van der Waals surface area contributed by atoms with Crippen LogP contribution in [0.5, 0.6) is 0 Å². The van der Waals surface area contributed by atoms with Gasteiger partial charge in [0, 0.05) is 18.1 Å². The fourth-order valence-corrected chi connectivity index (χ4v) is 4.28. The topological polar surface area (TPSA) is 78.5 Å². The van der Waals surface area contributed by atoms with Crippen molar-refractivity contribution in [3.8, 4) is 0 Å². The zero-order valence-electron chi connectivity index (χ0n) is 14.4. The lowest BCUT2D eigenvalue weighted by Crippen LogP contribution is -2.50. The summed E-state index contributed by atoms with van der Waals surface area (Å²) in [7, 11) is -1.86. The van der Waals surface area contributed by atoms with E-state index < -0.39 is 16.1 Å². The zero-order valence-corrected chi connectivity index (χ0v) is 16.8. The Morgan fingerprint density at radius 3 is 2.60 bits per heavy atom. The van der Waals surface area contributed by atoms with Crippen molar-refractivity contribution in [2.24, 2.45) is 5.92 Å². The summed E-state index contributed by atoms with van der Waals surface area (Å²) < 4.78 is 27.2. The Bertz CT molecular complexity index is 666. The molecule has 0 aliphatic carbocycles. The van der Waals surface area contributed by atoms with Crippen molar-refractivity contribution in [3.05, 3.63) is 29.3 Å².